The lowest BCUT2D eigenvalue weighted by atomic mass is 10.2. The third-order valence-corrected chi connectivity index (χ3v) is 2.78. The Hall–Kier alpha value is -1.99. The Morgan fingerprint density at radius 1 is 1.53 bits per heavy atom. The SMILES string of the molecule is NC(=NO)c1cc(N(CC(F)(F)F)C2CC2)ccn1. The lowest BCUT2D eigenvalue weighted by Gasteiger charge is -2.26. The molecule has 0 unspecified atom stereocenters. The molecule has 19 heavy (non-hydrogen) atoms. The third kappa shape index (κ3) is 3.49. The summed E-state index contributed by atoms with van der Waals surface area (Å²) in [4.78, 5) is 5.12. The maximum Gasteiger partial charge on any atom is 0.405 e. The fourth-order valence-electron chi connectivity index (χ4n) is 1.80. The van der Waals surface area contributed by atoms with Gasteiger partial charge >= 0.3 is 6.18 Å². The highest BCUT2D eigenvalue weighted by molar-refractivity contribution is 5.95. The van der Waals surface area contributed by atoms with Crippen LogP contribution >= 0.6 is 0 Å². The standard InChI is InChI=1S/C11H13F3N4O/c12-11(13,14)6-18(7-1-2-7)8-3-4-16-9(5-8)10(15)17-19/h3-5,7,19H,1-2,6H2,(H2,15,17). The lowest BCUT2D eigenvalue weighted by molar-refractivity contribution is -0.120. The molecule has 0 spiro atoms. The number of halogens is 3. The zero-order chi connectivity index (χ0) is 14.0. The first kappa shape index (κ1) is 13.4. The third-order valence-electron chi connectivity index (χ3n) is 2.78. The lowest BCUT2D eigenvalue weighted by Crippen LogP contribution is -2.36. The van der Waals surface area contributed by atoms with Gasteiger partial charge in [-0.1, -0.05) is 5.16 Å². The van der Waals surface area contributed by atoms with Crippen LogP contribution in [0.25, 0.3) is 0 Å². The summed E-state index contributed by atoms with van der Waals surface area (Å²) in [5.41, 5.74) is 5.90. The van der Waals surface area contributed by atoms with Crippen LogP contribution in [0.15, 0.2) is 23.5 Å². The van der Waals surface area contributed by atoms with Crippen molar-refractivity contribution in [2.45, 2.75) is 25.1 Å². The number of nitrogens with zero attached hydrogens (tertiary/aromatic N) is 3. The predicted octanol–water partition coefficient (Wildman–Crippen LogP) is 1.71. The monoisotopic (exact) mass is 274 g/mol. The van der Waals surface area contributed by atoms with Crippen LogP contribution in [-0.2, 0) is 0 Å². The maximum atomic E-state index is 12.6. The number of amidine groups is 1. The van der Waals surface area contributed by atoms with Crippen molar-refractivity contribution in [3.63, 3.8) is 0 Å². The van der Waals surface area contributed by atoms with Gasteiger partial charge < -0.3 is 15.8 Å². The summed E-state index contributed by atoms with van der Waals surface area (Å²) in [7, 11) is 0. The number of alkyl halides is 3. The van der Waals surface area contributed by atoms with E-state index in [4.69, 9.17) is 10.9 Å². The zero-order valence-corrected chi connectivity index (χ0v) is 9.93. The number of rotatable bonds is 4. The molecule has 1 aliphatic carbocycles. The summed E-state index contributed by atoms with van der Waals surface area (Å²) in [5, 5.41) is 11.3. The predicted molar refractivity (Wildman–Crippen MR) is 63.2 cm³/mol. The van der Waals surface area contributed by atoms with Crippen molar-refractivity contribution in [1.82, 2.24) is 4.98 Å². The second-order valence-electron chi connectivity index (χ2n) is 4.36. The van der Waals surface area contributed by atoms with Gasteiger partial charge in [-0.05, 0) is 25.0 Å². The summed E-state index contributed by atoms with van der Waals surface area (Å²) in [6.45, 7) is -1.02. The number of hydrogen-bond acceptors (Lipinski definition) is 4. The van der Waals surface area contributed by atoms with Crippen LogP contribution in [0.3, 0.4) is 0 Å². The minimum atomic E-state index is -4.28. The van der Waals surface area contributed by atoms with Gasteiger partial charge in [0.1, 0.15) is 12.2 Å². The highest BCUT2D eigenvalue weighted by Gasteiger charge is 2.38. The van der Waals surface area contributed by atoms with Gasteiger partial charge in [-0.2, -0.15) is 13.2 Å². The van der Waals surface area contributed by atoms with Gasteiger partial charge in [0.15, 0.2) is 5.84 Å². The van der Waals surface area contributed by atoms with E-state index in [1.54, 1.807) is 0 Å². The van der Waals surface area contributed by atoms with Crippen molar-refractivity contribution in [2.75, 3.05) is 11.4 Å². The van der Waals surface area contributed by atoms with E-state index in [2.05, 4.69) is 10.1 Å². The van der Waals surface area contributed by atoms with E-state index in [-0.39, 0.29) is 17.6 Å². The van der Waals surface area contributed by atoms with Crippen molar-refractivity contribution in [3.8, 4) is 0 Å². The van der Waals surface area contributed by atoms with Crippen LogP contribution in [0.2, 0.25) is 0 Å². The van der Waals surface area contributed by atoms with Gasteiger partial charge in [0.2, 0.25) is 0 Å². The minimum absolute atomic E-state index is 0.107. The quantitative estimate of drug-likeness (QED) is 0.379. The minimum Gasteiger partial charge on any atom is -0.409 e. The molecule has 1 heterocycles. The second kappa shape index (κ2) is 4.94. The molecule has 1 aliphatic rings. The number of aromatic nitrogens is 1. The molecule has 1 saturated carbocycles. The van der Waals surface area contributed by atoms with Gasteiger partial charge in [0.25, 0.3) is 0 Å². The highest BCUT2D eigenvalue weighted by atomic mass is 19.4. The van der Waals surface area contributed by atoms with E-state index < -0.39 is 12.7 Å². The average Bonchev–Trinajstić information content (AvgIpc) is 3.18. The molecule has 0 aliphatic heterocycles. The summed E-state index contributed by atoms with van der Waals surface area (Å²) in [6.07, 6.45) is -1.47. The molecule has 1 fully saturated rings. The fourth-order valence-corrected chi connectivity index (χ4v) is 1.80. The Morgan fingerprint density at radius 2 is 2.21 bits per heavy atom. The Labute approximate surface area is 107 Å². The van der Waals surface area contributed by atoms with E-state index >= 15 is 0 Å². The van der Waals surface area contributed by atoms with Crippen LogP contribution in [-0.4, -0.2) is 34.8 Å². The van der Waals surface area contributed by atoms with Crippen LogP contribution < -0.4 is 10.6 Å². The van der Waals surface area contributed by atoms with Crippen molar-refractivity contribution in [2.24, 2.45) is 10.9 Å². The van der Waals surface area contributed by atoms with E-state index in [0.29, 0.717) is 5.69 Å². The molecule has 8 heteroatoms. The normalized spacial score (nSPS) is 16.5. The first-order valence-electron chi connectivity index (χ1n) is 5.68. The molecule has 2 rings (SSSR count). The van der Waals surface area contributed by atoms with Gasteiger partial charge in [-0.15, -0.1) is 0 Å². The molecular weight excluding hydrogens is 261 g/mol. The van der Waals surface area contributed by atoms with Crippen LogP contribution in [0, 0.1) is 0 Å². The highest BCUT2D eigenvalue weighted by Crippen LogP contribution is 2.34. The van der Waals surface area contributed by atoms with Crippen molar-refractivity contribution in [1.29, 1.82) is 0 Å². The van der Waals surface area contributed by atoms with Gasteiger partial charge in [-0.3, -0.25) is 4.98 Å². The average molecular weight is 274 g/mol. The van der Waals surface area contributed by atoms with Crippen molar-refractivity contribution in [3.05, 3.63) is 24.0 Å². The number of anilines is 1. The maximum absolute atomic E-state index is 12.6. The van der Waals surface area contributed by atoms with Crippen molar-refractivity contribution < 1.29 is 18.4 Å². The molecule has 3 N–H and O–H groups in total. The van der Waals surface area contributed by atoms with Crippen LogP contribution in [0.1, 0.15) is 18.5 Å². The van der Waals surface area contributed by atoms with E-state index in [0.717, 1.165) is 12.8 Å². The largest absolute Gasteiger partial charge is 0.409 e. The Kier molecular flexibility index (Phi) is 3.50. The number of nitrogens with two attached hydrogens (primary N) is 1. The summed E-state index contributed by atoms with van der Waals surface area (Å²) in [6, 6.07) is 2.77. The van der Waals surface area contributed by atoms with Crippen molar-refractivity contribution >= 4 is 11.5 Å². The Bertz CT molecular complexity index is 485. The van der Waals surface area contributed by atoms with Crippen LogP contribution in [0.4, 0.5) is 18.9 Å². The van der Waals surface area contributed by atoms with Crippen LogP contribution in [0.5, 0.6) is 0 Å². The Balaban J connectivity index is 2.27. The van der Waals surface area contributed by atoms with Gasteiger partial charge in [0.05, 0.1) is 0 Å². The van der Waals surface area contributed by atoms with E-state index in [9.17, 15) is 13.2 Å². The number of oxime groups is 1. The molecule has 1 aromatic rings. The molecule has 0 aromatic carbocycles. The van der Waals surface area contributed by atoms with Gasteiger partial charge in [-0.25, -0.2) is 0 Å². The molecule has 5 nitrogen and oxygen atoms in total. The summed E-state index contributed by atoms with van der Waals surface area (Å²) < 4.78 is 37.7. The first-order chi connectivity index (χ1) is 8.90. The molecular formula is C11H13F3N4O. The molecule has 1 aromatic heterocycles. The second-order valence-corrected chi connectivity index (χ2v) is 4.36. The molecule has 0 bridgehead atoms. The van der Waals surface area contributed by atoms with E-state index in [1.807, 2.05) is 0 Å². The molecule has 0 radical (unpaired) electrons. The number of pyridine rings is 1. The molecule has 0 atom stereocenters. The zero-order valence-electron chi connectivity index (χ0n) is 9.93. The molecule has 0 amide bonds. The van der Waals surface area contributed by atoms with Gasteiger partial charge in [0, 0.05) is 17.9 Å². The summed E-state index contributed by atoms with van der Waals surface area (Å²) in [5.74, 6) is -0.232. The topological polar surface area (TPSA) is 74.7 Å². The fraction of sp³-hybridized carbons (Fsp3) is 0.455. The van der Waals surface area contributed by atoms with E-state index in [1.165, 1.54) is 23.2 Å². The molecule has 0 saturated heterocycles. The molecule has 104 valence electrons. The number of hydrogen-bond donors (Lipinski definition) is 2. The Morgan fingerprint density at radius 3 is 2.74 bits per heavy atom. The first-order valence-corrected chi connectivity index (χ1v) is 5.68. The smallest absolute Gasteiger partial charge is 0.405 e. The summed E-state index contributed by atoms with van der Waals surface area (Å²) >= 11 is 0.